The third-order valence-corrected chi connectivity index (χ3v) is 9.19. The first-order chi connectivity index (χ1) is 27.0. The average molecular weight is 797 g/mol. The SMILES string of the molecule is C/C=C/CC/C=C/CC/C=C/C(O)C(COP(=O)([O-])OCC[N+](C)(C)C)NC(=O)CCCCC/C=C\C/C=C\C/C=C\C/C=C\C/C=C\C/C=C\C/C=C\CC. The summed E-state index contributed by atoms with van der Waals surface area (Å²) in [4.78, 5) is 25.2. The molecule has 0 bridgehead atoms. The molecule has 0 spiro atoms. The number of aliphatic hydroxyl groups excluding tert-OH is 1. The van der Waals surface area contributed by atoms with Crippen molar-refractivity contribution < 1.29 is 32.9 Å². The third-order valence-electron chi connectivity index (χ3n) is 8.23. The Morgan fingerprint density at radius 3 is 1.62 bits per heavy atom. The predicted octanol–water partition coefficient (Wildman–Crippen LogP) is 10.9. The van der Waals surface area contributed by atoms with Gasteiger partial charge in [0.1, 0.15) is 13.2 Å². The molecule has 0 saturated heterocycles. The molecule has 0 aliphatic heterocycles. The van der Waals surface area contributed by atoms with Crippen LogP contribution >= 0.6 is 7.82 Å². The predicted molar refractivity (Wildman–Crippen MR) is 237 cm³/mol. The zero-order chi connectivity index (χ0) is 41.4. The smallest absolute Gasteiger partial charge is 0.268 e. The van der Waals surface area contributed by atoms with Crippen molar-refractivity contribution in [2.24, 2.45) is 0 Å². The van der Waals surface area contributed by atoms with E-state index in [-0.39, 0.29) is 18.9 Å². The van der Waals surface area contributed by atoms with Crippen molar-refractivity contribution >= 4 is 13.7 Å². The summed E-state index contributed by atoms with van der Waals surface area (Å²) < 4.78 is 23.0. The number of carbonyl (C=O) groups is 1. The second-order valence-corrected chi connectivity index (χ2v) is 16.0. The lowest BCUT2D eigenvalue weighted by Crippen LogP contribution is -2.45. The van der Waals surface area contributed by atoms with Gasteiger partial charge in [0.25, 0.3) is 7.82 Å². The highest BCUT2D eigenvalue weighted by molar-refractivity contribution is 7.45. The molecule has 2 N–H and O–H groups in total. The Morgan fingerprint density at radius 1 is 0.661 bits per heavy atom. The maximum atomic E-state index is 12.8. The molecular formula is C47H77N2O6P. The van der Waals surface area contributed by atoms with E-state index in [9.17, 15) is 19.4 Å². The van der Waals surface area contributed by atoms with Gasteiger partial charge in [-0.1, -0.05) is 135 Å². The number of rotatable bonds is 35. The number of allylic oxidation sites excluding steroid dienone is 19. The number of hydrogen-bond donors (Lipinski definition) is 2. The van der Waals surface area contributed by atoms with Crippen LogP contribution in [0.5, 0.6) is 0 Å². The molecule has 0 radical (unpaired) electrons. The number of phosphoric acid groups is 1. The van der Waals surface area contributed by atoms with Gasteiger partial charge in [-0.15, -0.1) is 0 Å². The van der Waals surface area contributed by atoms with Gasteiger partial charge in [0.05, 0.1) is 39.9 Å². The second-order valence-electron chi connectivity index (χ2n) is 14.6. The number of nitrogens with zero attached hydrogens (tertiary/aromatic N) is 1. The van der Waals surface area contributed by atoms with Crippen molar-refractivity contribution in [2.45, 2.75) is 129 Å². The Bertz CT molecular complexity index is 1320. The summed E-state index contributed by atoms with van der Waals surface area (Å²) >= 11 is 0. The summed E-state index contributed by atoms with van der Waals surface area (Å²) in [5.41, 5.74) is 0. The summed E-state index contributed by atoms with van der Waals surface area (Å²) in [6.45, 7) is 4.19. The molecule has 1 amide bonds. The Hall–Kier alpha value is -3.10. The topological polar surface area (TPSA) is 108 Å². The van der Waals surface area contributed by atoms with Crippen molar-refractivity contribution in [1.29, 1.82) is 0 Å². The average Bonchev–Trinajstić information content (AvgIpc) is 3.15. The maximum Gasteiger partial charge on any atom is 0.268 e. The zero-order valence-corrected chi connectivity index (χ0v) is 36.4. The van der Waals surface area contributed by atoms with Crippen LogP contribution in [-0.2, 0) is 18.4 Å². The van der Waals surface area contributed by atoms with Crippen LogP contribution in [-0.4, -0.2) is 68.5 Å². The molecule has 56 heavy (non-hydrogen) atoms. The van der Waals surface area contributed by atoms with Crippen molar-refractivity contribution in [3.05, 3.63) is 122 Å². The van der Waals surface area contributed by atoms with Crippen molar-refractivity contribution in [2.75, 3.05) is 40.9 Å². The molecule has 0 fully saturated rings. The molecule has 0 heterocycles. The Labute approximate surface area is 342 Å². The summed E-state index contributed by atoms with van der Waals surface area (Å²) in [6, 6.07) is -0.934. The van der Waals surface area contributed by atoms with Crippen LogP contribution in [0.3, 0.4) is 0 Å². The van der Waals surface area contributed by atoms with E-state index < -0.39 is 26.6 Å². The summed E-state index contributed by atoms with van der Waals surface area (Å²) in [5, 5.41) is 13.6. The third kappa shape index (κ3) is 39.1. The lowest BCUT2D eigenvalue weighted by Gasteiger charge is -2.29. The zero-order valence-electron chi connectivity index (χ0n) is 35.5. The monoisotopic (exact) mass is 797 g/mol. The molecule has 0 aromatic rings. The molecular weight excluding hydrogens is 719 g/mol. The highest BCUT2D eigenvalue weighted by atomic mass is 31.2. The Morgan fingerprint density at radius 2 is 1.12 bits per heavy atom. The minimum atomic E-state index is -4.61. The van der Waals surface area contributed by atoms with Gasteiger partial charge in [0.15, 0.2) is 0 Å². The number of amides is 1. The number of phosphoric ester groups is 1. The molecule has 9 heteroatoms. The molecule has 0 aliphatic rings. The second kappa shape index (κ2) is 37.5. The summed E-state index contributed by atoms with van der Waals surface area (Å²) in [7, 11) is 1.18. The number of aliphatic hydroxyl groups is 1. The first kappa shape index (κ1) is 52.9. The quantitative estimate of drug-likeness (QED) is 0.0286. The number of likely N-dealkylation sites (N-methyl/N-ethyl adjacent to an activating group) is 1. The van der Waals surface area contributed by atoms with Gasteiger partial charge >= 0.3 is 0 Å². The van der Waals surface area contributed by atoms with Gasteiger partial charge in [0, 0.05) is 6.42 Å². The van der Waals surface area contributed by atoms with Gasteiger partial charge < -0.3 is 28.8 Å². The Balaban J connectivity index is 4.44. The highest BCUT2D eigenvalue weighted by Gasteiger charge is 2.23. The van der Waals surface area contributed by atoms with Gasteiger partial charge in [-0.2, -0.15) is 0 Å². The molecule has 0 saturated carbocycles. The van der Waals surface area contributed by atoms with E-state index in [2.05, 4.69) is 116 Å². The van der Waals surface area contributed by atoms with E-state index >= 15 is 0 Å². The number of carbonyl (C=O) groups excluding carboxylic acids is 1. The number of nitrogens with one attached hydrogen (secondary N) is 1. The molecule has 8 nitrogen and oxygen atoms in total. The number of unbranched alkanes of at least 4 members (excludes halogenated alkanes) is 5. The fraction of sp³-hybridized carbons (Fsp3) is 0.553. The fourth-order valence-corrected chi connectivity index (χ4v) is 5.66. The molecule has 0 aliphatic carbocycles. The Kier molecular flexibility index (Phi) is 35.4. The summed E-state index contributed by atoms with van der Waals surface area (Å²) in [5.74, 6) is -0.255. The van der Waals surface area contributed by atoms with E-state index in [1.807, 2.05) is 40.2 Å². The number of quaternary nitrogens is 1. The standard InChI is InChI=1S/C47H77N2O6P/c1-6-8-10-12-14-16-17-18-19-20-21-22-23-24-25-26-27-28-29-30-31-33-35-37-39-41-47(51)48-45(44-55-56(52,53)54-43-42-49(3,4)5)46(50)40-38-36-34-32-15-13-11-9-7-2/h7-10,14-16,18-19,21-22,24-25,27-28,30-32,38,40,45-46,50H,6,11-13,17,20,23,26,29,33-37,39,41-44H2,1-5H3,(H-,48,51,52,53)/b9-7+,10-8-,16-14-,19-18-,22-21-,25-24-,28-27-,31-30-,32-15+,40-38+. The van der Waals surface area contributed by atoms with Crippen LogP contribution in [0.4, 0.5) is 0 Å². The van der Waals surface area contributed by atoms with Gasteiger partial charge in [0.2, 0.25) is 5.91 Å². The van der Waals surface area contributed by atoms with Crippen LogP contribution in [0, 0.1) is 0 Å². The van der Waals surface area contributed by atoms with Gasteiger partial charge in [-0.25, -0.2) is 0 Å². The van der Waals surface area contributed by atoms with Crippen LogP contribution in [0.1, 0.15) is 117 Å². The lowest BCUT2D eigenvalue weighted by molar-refractivity contribution is -0.870. The van der Waals surface area contributed by atoms with E-state index in [4.69, 9.17) is 9.05 Å². The fourth-order valence-electron chi connectivity index (χ4n) is 4.93. The van der Waals surface area contributed by atoms with Gasteiger partial charge in [-0.05, 0) is 96.8 Å². The van der Waals surface area contributed by atoms with Crippen molar-refractivity contribution in [3.63, 3.8) is 0 Å². The van der Waals surface area contributed by atoms with E-state index in [1.165, 1.54) is 0 Å². The van der Waals surface area contributed by atoms with E-state index in [0.29, 0.717) is 23.9 Å². The van der Waals surface area contributed by atoms with Crippen LogP contribution in [0.15, 0.2) is 122 Å². The van der Waals surface area contributed by atoms with Crippen LogP contribution in [0.2, 0.25) is 0 Å². The number of hydrogen-bond acceptors (Lipinski definition) is 6. The molecule has 0 aromatic heterocycles. The van der Waals surface area contributed by atoms with Crippen molar-refractivity contribution in [3.8, 4) is 0 Å². The normalized spacial score (nSPS) is 15.6. The molecule has 3 unspecified atom stereocenters. The first-order valence-corrected chi connectivity index (χ1v) is 22.3. The van der Waals surface area contributed by atoms with Gasteiger partial charge in [-0.3, -0.25) is 9.36 Å². The lowest BCUT2D eigenvalue weighted by atomic mass is 10.1. The van der Waals surface area contributed by atoms with E-state index in [0.717, 1.165) is 83.5 Å². The minimum absolute atomic E-state index is 0.0241. The van der Waals surface area contributed by atoms with E-state index in [1.54, 1.807) is 6.08 Å². The van der Waals surface area contributed by atoms with Crippen LogP contribution in [0.25, 0.3) is 0 Å². The summed E-state index contributed by atoms with van der Waals surface area (Å²) in [6.07, 6.45) is 55.6. The van der Waals surface area contributed by atoms with Crippen molar-refractivity contribution in [1.82, 2.24) is 5.32 Å². The highest BCUT2D eigenvalue weighted by Crippen LogP contribution is 2.38. The minimum Gasteiger partial charge on any atom is -0.756 e. The largest absolute Gasteiger partial charge is 0.756 e. The maximum absolute atomic E-state index is 12.8. The molecule has 3 atom stereocenters. The molecule has 316 valence electrons. The van der Waals surface area contributed by atoms with Crippen LogP contribution < -0.4 is 10.2 Å². The first-order valence-electron chi connectivity index (χ1n) is 20.9. The molecule has 0 aromatic carbocycles. The molecule has 0 rings (SSSR count).